The summed E-state index contributed by atoms with van der Waals surface area (Å²) in [7, 11) is -2.00. The van der Waals surface area contributed by atoms with E-state index in [0.717, 1.165) is 6.42 Å². The van der Waals surface area contributed by atoms with Crippen molar-refractivity contribution in [3.63, 3.8) is 0 Å². The second-order valence-electron chi connectivity index (χ2n) is 5.97. The van der Waals surface area contributed by atoms with Crippen LogP contribution in [0.15, 0.2) is 9.42 Å². The van der Waals surface area contributed by atoms with Crippen molar-refractivity contribution in [3.05, 3.63) is 11.5 Å². The Bertz CT molecular complexity index is 643. The summed E-state index contributed by atoms with van der Waals surface area (Å²) >= 11 is 0. The lowest BCUT2D eigenvalue weighted by atomic mass is 9.97. The predicted molar refractivity (Wildman–Crippen MR) is 87.0 cm³/mol. The van der Waals surface area contributed by atoms with E-state index in [1.807, 2.05) is 0 Å². The molecule has 0 aromatic carbocycles. The van der Waals surface area contributed by atoms with Gasteiger partial charge in [-0.2, -0.15) is 4.31 Å². The molecule has 136 valence electrons. The van der Waals surface area contributed by atoms with Crippen molar-refractivity contribution < 1.29 is 22.5 Å². The van der Waals surface area contributed by atoms with Crippen molar-refractivity contribution >= 4 is 15.9 Å². The number of ether oxygens (including phenoxy) is 1. The molecule has 1 aromatic rings. The Morgan fingerprint density at radius 2 is 2.04 bits per heavy atom. The minimum absolute atomic E-state index is 0.0134. The summed E-state index contributed by atoms with van der Waals surface area (Å²) < 4.78 is 36.8. The number of aryl methyl sites for hydroxylation is 2. The van der Waals surface area contributed by atoms with Crippen LogP contribution in [-0.4, -0.2) is 57.1 Å². The molecule has 1 amide bonds. The molecule has 0 radical (unpaired) electrons. The maximum Gasteiger partial charge on any atom is 0.248 e. The zero-order chi connectivity index (χ0) is 17.7. The number of piperidine rings is 1. The number of nitrogens with one attached hydrogen (secondary N) is 1. The van der Waals surface area contributed by atoms with Gasteiger partial charge in [0.05, 0.1) is 0 Å². The molecule has 24 heavy (non-hydrogen) atoms. The van der Waals surface area contributed by atoms with E-state index in [-0.39, 0.29) is 16.7 Å². The number of carbonyl (C=O) groups is 1. The zero-order valence-corrected chi connectivity index (χ0v) is 15.2. The van der Waals surface area contributed by atoms with Gasteiger partial charge in [0.2, 0.25) is 15.9 Å². The number of sulfonamides is 1. The molecule has 1 aliphatic heterocycles. The first kappa shape index (κ1) is 18.9. The summed E-state index contributed by atoms with van der Waals surface area (Å²) in [6, 6.07) is 0. The third kappa shape index (κ3) is 4.14. The van der Waals surface area contributed by atoms with Gasteiger partial charge in [-0.05, 0) is 33.1 Å². The Hall–Kier alpha value is -1.45. The molecule has 0 saturated carbocycles. The van der Waals surface area contributed by atoms with Gasteiger partial charge < -0.3 is 14.6 Å². The Kier molecular flexibility index (Phi) is 6.36. The molecule has 9 heteroatoms. The molecule has 0 atom stereocenters. The van der Waals surface area contributed by atoms with E-state index < -0.39 is 10.0 Å². The van der Waals surface area contributed by atoms with Crippen LogP contribution < -0.4 is 5.32 Å². The lowest BCUT2D eigenvalue weighted by Gasteiger charge is -2.30. The Balaban J connectivity index is 1.92. The normalized spacial score (nSPS) is 17.1. The number of methoxy groups -OCH3 is 1. The van der Waals surface area contributed by atoms with Gasteiger partial charge in [0.1, 0.15) is 10.6 Å². The van der Waals surface area contributed by atoms with E-state index in [2.05, 4.69) is 10.5 Å². The molecular formula is C15H25N3O5S. The van der Waals surface area contributed by atoms with E-state index in [1.165, 1.54) is 4.31 Å². The van der Waals surface area contributed by atoms with Crippen molar-refractivity contribution in [3.8, 4) is 0 Å². The van der Waals surface area contributed by atoms with E-state index in [9.17, 15) is 13.2 Å². The van der Waals surface area contributed by atoms with Crippen LogP contribution in [0.4, 0.5) is 0 Å². The molecule has 2 heterocycles. The highest BCUT2D eigenvalue weighted by molar-refractivity contribution is 7.89. The van der Waals surface area contributed by atoms with Crippen LogP contribution >= 0.6 is 0 Å². The quantitative estimate of drug-likeness (QED) is 0.724. The summed E-state index contributed by atoms with van der Waals surface area (Å²) in [5.74, 6) is 0.134. The van der Waals surface area contributed by atoms with E-state index >= 15 is 0 Å². The number of hydrogen-bond donors (Lipinski definition) is 1. The van der Waals surface area contributed by atoms with Crippen LogP contribution in [0.25, 0.3) is 0 Å². The molecule has 1 N–H and O–H groups in total. The lowest BCUT2D eigenvalue weighted by molar-refractivity contribution is -0.126. The highest BCUT2D eigenvalue weighted by atomic mass is 32.2. The lowest BCUT2D eigenvalue weighted by Crippen LogP contribution is -2.43. The van der Waals surface area contributed by atoms with Crippen molar-refractivity contribution in [2.75, 3.05) is 33.4 Å². The zero-order valence-electron chi connectivity index (χ0n) is 14.4. The third-order valence-electron chi connectivity index (χ3n) is 4.21. The topological polar surface area (TPSA) is 102 Å². The molecule has 0 aliphatic carbocycles. The van der Waals surface area contributed by atoms with Gasteiger partial charge in [-0.1, -0.05) is 5.16 Å². The summed E-state index contributed by atoms with van der Waals surface area (Å²) in [6.45, 7) is 5.03. The Morgan fingerprint density at radius 1 is 1.38 bits per heavy atom. The second kappa shape index (κ2) is 8.09. The summed E-state index contributed by atoms with van der Waals surface area (Å²) in [5.41, 5.74) is 0.366. The van der Waals surface area contributed by atoms with Gasteiger partial charge in [-0.3, -0.25) is 4.79 Å². The fourth-order valence-corrected chi connectivity index (χ4v) is 4.66. The van der Waals surface area contributed by atoms with Gasteiger partial charge in [0, 0.05) is 39.3 Å². The average molecular weight is 359 g/mol. The summed E-state index contributed by atoms with van der Waals surface area (Å²) in [4.78, 5) is 12.3. The molecule has 0 bridgehead atoms. The van der Waals surface area contributed by atoms with Crippen LogP contribution in [0.3, 0.4) is 0 Å². The molecule has 1 aliphatic rings. The highest BCUT2D eigenvalue weighted by Crippen LogP contribution is 2.27. The summed E-state index contributed by atoms with van der Waals surface area (Å²) in [6.07, 6.45) is 1.79. The molecule has 1 fully saturated rings. The van der Waals surface area contributed by atoms with E-state index in [1.54, 1.807) is 21.0 Å². The molecule has 8 nitrogen and oxygen atoms in total. The number of hydrogen-bond acceptors (Lipinski definition) is 6. The minimum Gasteiger partial charge on any atom is -0.385 e. The van der Waals surface area contributed by atoms with Crippen LogP contribution in [-0.2, 0) is 19.6 Å². The Morgan fingerprint density at radius 3 is 2.58 bits per heavy atom. The maximum absolute atomic E-state index is 12.7. The average Bonchev–Trinajstić information content (AvgIpc) is 2.91. The van der Waals surface area contributed by atoms with Gasteiger partial charge in [0.15, 0.2) is 5.76 Å². The number of rotatable bonds is 7. The van der Waals surface area contributed by atoms with Gasteiger partial charge in [-0.25, -0.2) is 8.42 Å². The fourth-order valence-electron chi connectivity index (χ4n) is 2.90. The van der Waals surface area contributed by atoms with E-state index in [0.29, 0.717) is 50.5 Å². The largest absolute Gasteiger partial charge is 0.385 e. The molecule has 0 unspecified atom stereocenters. The van der Waals surface area contributed by atoms with Crippen LogP contribution in [0, 0.1) is 19.8 Å². The van der Waals surface area contributed by atoms with Gasteiger partial charge in [-0.15, -0.1) is 0 Å². The molecule has 0 spiro atoms. The molecule has 1 saturated heterocycles. The molecule has 2 rings (SSSR count). The predicted octanol–water partition coefficient (Wildman–Crippen LogP) is 0.845. The Labute approximate surface area is 142 Å². The van der Waals surface area contributed by atoms with Crippen molar-refractivity contribution in [2.24, 2.45) is 5.92 Å². The summed E-state index contributed by atoms with van der Waals surface area (Å²) in [5, 5.41) is 6.59. The third-order valence-corrected chi connectivity index (χ3v) is 6.36. The smallest absolute Gasteiger partial charge is 0.248 e. The van der Waals surface area contributed by atoms with Crippen molar-refractivity contribution in [1.29, 1.82) is 0 Å². The van der Waals surface area contributed by atoms with Crippen molar-refractivity contribution in [2.45, 2.75) is 38.0 Å². The van der Waals surface area contributed by atoms with Gasteiger partial charge in [0.25, 0.3) is 0 Å². The SMILES string of the molecule is COCCCNC(=O)C1CCN(S(=O)(=O)c2c(C)noc2C)CC1. The standard InChI is InChI=1S/C15H25N3O5S/c1-11-14(12(2)23-17-11)24(20,21)18-8-5-13(6-9-18)15(19)16-7-4-10-22-3/h13H,4-10H2,1-3H3,(H,16,19). The maximum atomic E-state index is 12.7. The van der Waals surface area contributed by atoms with Gasteiger partial charge >= 0.3 is 0 Å². The first-order chi connectivity index (χ1) is 11.4. The fraction of sp³-hybridized carbons (Fsp3) is 0.733. The minimum atomic E-state index is -3.62. The first-order valence-corrected chi connectivity index (χ1v) is 9.51. The van der Waals surface area contributed by atoms with Crippen molar-refractivity contribution in [1.82, 2.24) is 14.8 Å². The highest BCUT2D eigenvalue weighted by Gasteiger charge is 2.35. The van der Waals surface area contributed by atoms with Crippen LogP contribution in [0.5, 0.6) is 0 Å². The number of nitrogens with zero attached hydrogens (tertiary/aromatic N) is 2. The molecule has 1 aromatic heterocycles. The van der Waals surface area contributed by atoms with Crippen LogP contribution in [0.2, 0.25) is 0 Å². The van der Waals surface area contributed by atoms with Crippen LogP contribution in [0.1, 0.15) is 30.7 Å². The first-order valence-electron chi connectivity index (χ1n) is 8.07. The monoisotopic (exact) mass is 359 g/mol. The number of carbonyl (C=O) groups excluding carboxylic acids is 1. The molecular weight excluding hydrogens is 334 g/mol. The van der Waals surface area contributed by atoms with E-state index in [4.69, 9.17) is 9.26 Å². The second-order valence-corrected chi connectivity index (χ2v) is 7.84. The number of amides is 1. The number of aromatic nitrogens is 1.